The molecule has 0 amide bonds. The van der Waals surface area contributed by atoms with Crippen molar-refractivity contribution in [1.29, 1.82) is 5.26 Å². The van der Waals surface area contributed by atoms with E-state index in [1.54, 1.807) is 6.33 Å². The van der Waals surface area contributed by atoms with E-state index >= 15 is 0 Å². The Morgan fingerprint density at radius 3 is 2.68 bits per heavy atom. The predicted molar refractivity (Wildman–Crippen MR) is 105 cm³/mol. The highest BCUT2D eigenvalue weighted by molar-refractivity contribution is 5.69. The Morgan fingerprint density at radius 2 is 1.89 bits per heavy atom. The zero-order valence-electron chi connectivity index (χ0n) is 15.7. The molecular weight excluding hydrogens is 352 g/mol. The molecule has 7 heteroatoms. The molecular formula is C21H22N6O. The van der Waals surface area contributed by atoms with Gasteiger partial charge < -0.3 is 9.64 Å². The monoisotopic (exact) mass is 374 g/mol. The second-order valence-corrected chi connectivity index (χ2v) is 7.34. The second kappa shape index (κ2) is 7.23. The van der Waals surface area contributed by atoms with Gasteiger partial charge in [0, 0.05) is 38.3 Å². The Bertz CT molecular complexity index is 1030. The first-order valence-corrected chi connectivity index (χ1v) is 9.71. The normalized spacial score (nSPS) is 17.5. The fraction of sp³-hybridized carbons (Fsp3) is 0.381. The van der Waals surface area contributed by atoms with Gasteiger partial charge in [-0.25, -0.2) is 0 Å². The topological polar surface area (TPSA) is 69.7 Å². The lowest BCUT2D eigenvalue weighted by atomic mass is 9.95. The van der Waals surface area contributed by atoms with Crippen LogP contribution in [-0.4, -0.2) is 52.3 Å². The van der Waals surface area contributed by atoms with Crippen LogP contribution in [0, 0.1) is 11.3 Å². The molecule has 2 aliphatic rings. The van der Waals surface area contributed by atoms with Gasteiger partial charge in [-0.2, -0.15) is 5.26 Å². The molecule has 0 atom stereocenters. The van der Waals surface area contributed by atoms with Crippen molar-refractivity contribution in [3.05, 3.63) is 58.9 Å². The van der Waals surface area contributed by atoms with Crippen LogP contribution < -0.4 is 4.90 Å². The number of morpholine rings is 1. The van der Waals surface area contributed by atoms with Crippen molar-refractivity contribution in [3.63, 3.8) is 0 Å². The number of aromatic nitrogens is 3. The number of ether oxygens (including phenoxy) is 1. The first-order valence-electron chi connectivity index (χ1n) is 9.71. The highest BCUT2D eigenvalue weighted by Crippen LogP contribution is 2.33. The first kappa shape index (κ1) is 17.2. The molecule has 142 valence electrons. The zero-order chi connectivity index (χ0) is 18.9. The standard InChI is InChI=1S/C21H22N6O/c22-12-18-17-6-7-25(13-16-4-2-1-3-5-16)14-19(17)20-24-23-15-27(20)21(18)26-8-10-28-11-9-26/h1-5,15H,6-11,13-14H2. The van der Waals surface area contributed by atoms with E-state index in [0.29, 0.717) is 13.2 Å². The average Bonchev–Trinajstić information content (AvgIpc) is 3.24. The summed E-state index contributed by atoms with van der Waals surface area (Å²) in [6, 6.07) is 13.0. The Morgan fingerprint density at radius 1 is 1.07 bits per heavy atom. The minimum Gasteiger partial charge on any atom is -0.378 e. The molecule has 0 N–H and O–H groups in total. The third kappa shape index (κ3) is 2.91. The van der Waals surface area contributed by atoms with Crippen LogP contribution >= 0.6 is 0 Å². The van der Waals surface area contributed by atoms with Crippen molar-refractivity contribution < 1.29 is 4.74 Å². The lowest BCUT2D eigenvalue weighted by Crippen LogP contribution is -2.39. The van der Waals surface area contributed by atoms with E-state index in [0.717, 1.165) is 67.3 Å². The highest BCUT2D eigenvalue weighted by Gasteiger charge is 2.29. The summed E-state index contributed by atoms with van der Waals surface area (Å²) in [5.74, 6) is 0.918. The van der Waals surface area contributed by atoms with E-state index in [-0.39, 0.29) is 0 Å². The molecule has 2 aliphatic heterocycles. The number of nitriles is 1. The van der Waals surface area contributed by atoms with Gasteiger partial charge in [0.2, 0.25) is 0 Å². The van der Waals surface area contributed by atoms with E-state index in [9.17, 15) is 5.26 Å². The van der Waals surface area contributed by atoms with Gasteiger partial charge in [0.1, 0.15) is 18.2 Å². The number of anilines is 1. The second-order valence-electron chi connectivity index (χ2n) is 7.34. The Balaban J connectivity index is 1.56. The number of rotatable bonds is 3. The molecule has 0 bridgehead atoms. The summed E-state index contributed by atoms with van der Waals surface area (Å²) in [6.07, 6.45) is 2.59. The summed E-state index contributed by atoms with van der Waals surface area (Å²) in [5, 5.41) is 18.6. The van der Waals surface area contributed by atoms with Crippen molar-refractivity contribution in [2.24, 2.45) is 0 Å². The maximum absolute atomic E-state index is 10.0. The van der Waals surface area contributed by atoms with Crippen LogP contribution in [0.5, 0.6) is 0 Å². The third-order valence-corrected chi connectivity index (χ3v) is 5.67. The Kier molecular flexibility index (Phi) is 4.43. The number of pyridine rings is 1. The number of nitrogens with zero attached hydrogens (tertiary/aromatic N) is 6. The third-order valence-electron chi connectivity index (χ3n) is 5.67. The van der Waals surface area contributed by atoms with Gasteiger partial charge in [-0.15, -0.1) is 10.2 Å². The van der Waals surface area contributed by atoms with Crippen molar-refractivity contribution >= 4 is 11.5 Å². The fourth-order valence-corrected chi connectivity index (χ4v) is 4.33. The minimum absolute atomic E-state index is 0.677. The molecule has 1 saturated heterocycles. The van der Waals surface area contributed by atoms with Crippen LogP contribution in [0.3, 0.4) is 0 Å². The largest absolute Gasteiger partial charge is 0.378 e. The SMILES string of the molecule is N#Cc1c2c(c3nncn3c1N1CCOCC1)CN(Cc1ccccc1)CC2. The predicted octanol–water partition coefficient (Wildman–Crippen LogP) is 2.00. The highest BCUT2D eigenvalue weighted by atomic mass is 16.5. The minimum atomic E-state index is 0.677. The van der Waals surface area contributed by atoms with Crippen molar-refractivity contribution in [2.45, 2.75) is 19.5 Å². The summed E-state index contributed by atoms with van der Waals surface area (Å²) in [6.45, 7) is 5.52. The Hall–Kier alpha value is -2.95. The Labute approximate surface area is 163 Å². The molecule has 0 unspecified atom stereocenters. The molecule has 4 heterocycles. The van der Waals surface area contributed by atoms with Gasteiger partial charge in [-0.1, -0.05) is 30.3 Å². The smallest absolute Gasteiger partial charge is 0.167 e. The molecule has 7 nitrogen and oxygen atoms in total. The molecule has 1 aromatic carbocycles. The molecule has 5 rings (SSSR count). The summed E-state index contributed by atoms with van der Waals surface area (Å²) < 4.78 is 7.49. The molecule has 0 aliphatic carbocycles. The van der Waals surface area contributed by atoms with Gasteiger partial charge in [-0.05, 0) is 17.5 Å². The van der Waals surface area contributed by atoms with E-state index in [1.165, 1.54) is 5.56 Å². The van der Waals surface area contributed by atoms with Gasteiger partial charge in [0.05, 0.1) is 18.8 Å². The number of hydrogen-bond acceptors (Lipinski definition) is 6. The maximum Gasteiger partial charge on any atom is 0.167 e. The van der Waals surface area contributed by atoms with Crippen molar-refractivity contribution in [1.82, 2.24) is 19.5 Å². The van der Waals surface area contributed by atoms with Crippen LogP contribution in [0.4, 0.5) is 5.82 Å². The quantitative estimate of drug-likeness (QED) is 0.698. The van der Waals surface area contributed by atoms with E-state index in [4.69, 9.17) is 4.74 Å². The maximum atomic E-state index is 10.0. The van der Waals surface area contributed by atoms with Crippen LogP contribution in [-0.2, 0) is 24.2 Å². The lowest BCUT2D eigenvalue weighted by molar-refractivity contribution is 0.122. The van der Waals surface area contributed by atoms with Crippen LogP contribution in [0.1, 0.15) is 22.3 Å². The summed E-state index contributed by atoms with van der Waals surface area (Å²) >= 11 is 0. The van der Waals surface area contributed by atoms with Gasteiger partial charge in [0.15, 0.2) is 5.65 Å². The molecule has 0 spiro atoms. The van der Waals surface area contributed by atoms with E-state index < -0.39 is 0 Å². The lowest BCUT2D eigenvalue weighted by Gasteiger charge is -2.34. The van der Waals surface area contributed by atoms with Crippen molar-refractivity contribution in [2.75, 3.05) is 37.7 Å². The summed E-state index contributed by atoms with van der Waals surface area (Å²) in [7, 11) is 0. The van der Waals surface area contributed by atoms with E-state index in [1.807, 2.05) is 10.5 Å². The number of hydrogen-bond donors (Lipinski definition) is 0. The van der Waals surface area contributed by atoms with Crippen LogP contribution in [0.15, 0.2) is 36.7 Å². The molecule has 2 aromatic heterocycles. The number of benzene rings is 1. The molecule has 28 heavy (non-hydrogen) atoms. The van der Waals surface area contributed by atoms with Gasteiger partial charge >= 0.3 is 0 Å². The molecule has 1 fully saturated rings. The van der Waals surface area contributed by atoms with E-state index in [2.05, 4.69) is 50.3 Å². The molecule has 0 radical (unpaired) electrons. The average molecular weight is 374 g/mol. The van der Waals surface area contributed by atoms with Gasteiger partial charge in [-0.3, -0.25) is 9.30 Å². The number of fused-ring (bicyclic) bond motifs is 3. The van der Waals surface area contributed by atoms with Crippen LogP contribution in [0.2, 0.25) is 0 Å². The van der Waals surface area contributed by atoms with Crippen molar-refractivity contribution in [3.8, 4) is 6.07 Å². The first-order chi connectivity index (χ1) is 13.8. The fourth-order valence-electron chi connectivity index (χ4n) is 4.33. The summed E-state index contributed by atoms with van der Waals surface area (Å²) in [5.41, 5.74) is 5.20. The molecule has 0 saturated carbocycles. The summed E-state index contributed by atoms with van der Waals surface area (Å²) in [4.78, 5) is 4.65. The van der Waals surface area contributed by atoms with Gasteiger partial charge in [0.25, 0.3) is 0 Å². The zero-order valence-corrected chi connectivity index (χ0v) is 15.7. The van der Waals surface area contributed by atoms with Crippen LogP contribution in [0.25, 0.3) is 5.65 Å². The molecule has 3 aromatic rings.